The second kappa shape index (κ2) is 7.91. The highest BCUT2D eigenvalue weighted by atomic mass is 15.3. The molecule has 1 saturated heterocycles. The molecule has 0 aliphatic carbocycles. The summed E-state index contributed by atoms with van der Waals surface area (Å²) in [4.78, 5) is 0. The van der Waals surface area contributed by atoms with Gasteiger partial charge < -0.3 is 14.2 Å². The van der Waals surface area contributed by atoms with Gasteiger partial charge in [0.15, 0.2) is 0 Å². The van der Waals surface area contributed by atoms with Crippen molar-refractivity contribution < 1.29 is 0 Å². The molecule has 3 radical (unpaired) electrons. The molecule has 0 saturated carbocycles. The quantitative estimate of drug-likeness (QED) is 0.659. The molecule has 0 aromatic heterocycles. The van der Waals surface area contributed by atoms with Crippen molar-refractivity contribution in [1.82, 2.24) is 14.2 Å². The Hall–Kier alpha value is 0.0748. The molecular formula is C14H31B3N3. The van der Waals surface area contributed by atoms with Gasteiger partial charge in [-0.1, -0.05) is 48.5 Å². The fourth-order valence-electron chi connectivity index (χ4n) is 2.38. The largest absolute Gasteiger partial charge is 0.365 e. The predicted molar refractivity (Wildman–Crippen MR) is 91.1 cm³/mol. The zero-order chi connectivity index (χ0) is 15.3. The van der Waals surface area contributed by atoms with Crippen molar-refractivity contribution in [2.24, 2.45) is 17.3 Å². The highest BCUT2D eigenvalue weighted by Crippen LogP contribution is 2.21. The Labute approximate surface area is 129 Å². The molecule has 0 N–H and O–H groups in total. The topological polar surface area (TPSA) is 9.72 Å². The number of hydrogen-bond donors (Lipinski definition) is 0. The van der Waals surface area contributed by atoms with Gasteiger partial charge in [-0.15, -0.1) is 0 Å². The molecule has 1 rings (SSSR count). The van der Waals surface area contributed by atoms with Crippen LogP contribution in [0.25, 0.3) is 0 Å². The van der Waals surface area contributed by atoms with Crippen LogP contribution in [0.5, 0.6) is 0 Å². The van der Waals surface area contributed by atoms with E-state index in [2.05, 4.69) is 85.3 Å². The predicted octanol–water partition coefficient (Wildman–Crippen LogP) is 2.26. The second-order valence-corrected chi connectivity index (χ2v) is 7.72. The summed E-state index contributed by atoms with van der Waals surface area (Å²) >= 11 is 0. The van der Waals surface area contributed by atoms with Crippen LogP contribution in [0.2, 0.25) is 0 Å². The van der Waals surface area contributed by atoms with E-state index in [1.54, 1.807) is 0 Å². The fraction of sp³-hybridized carbons (Fsp3) is 1.00. The molecule has 1 fully saturated rings. The zero-order valence-corrected chi connectivity index (χ0v) is 14.6. The normalized spacial score (nSPS) is 19.1. The van der Waals surface area contributed by atoms with Crippen molar-refractivity contribution in [2.45, 2.75) is 54.9 Å². The summed E-state index contributed by atoms with van der Waals surface area (Å²) in [6.07, 6.45) is 1.20. The van der Waals surface area contributed by atoms with E-state index in [-0.39, 0.29) is 0 Å². The first-order valence-electron chi connectivity index (χ1n) is 8.04. The minimum atomic E-state index is 0.345. The highest BCUT2D eigenvalue weighted by Gasteiger charge is 2.31. The Balaban J connectivity index is 2.63. The molecule has 1 heterocycles. The van der Waals surface area contributed by atoms with Crippen LogP contribution in [0, 0.1) is 17.3 Å². The maximum Gasteiger partial charge on any atom is 0.290 e. The van der Waals surface area contributed by atoms with Gasteiger partial charge in [-0.25, -0.2) is 0 Å². The van der Waals surface area contributed by atoms with Crippen molar-refractivity contribution in [2.75, 3.05) is 19.6 Å². The van der Waals surface area contributed by atoms with Crippen LogP contribution in [0.1, 0.15) is 54.9 Å². The van der Waals surface area contributed by atoms with Gasteiger partial charge >= 0.3 is 0 Å². The van der Waals surface area contributed by atoms with Crippen LogP contribution in [0.4, 0.5) is 0 Å². The average molecular weight is 274 g/mol. The third kappa shape index (κ3) is 6.69. The summed E-state index contributed by atoms with van der Waals surface area (Å²) in [5.41, 5.74) is 0.345. The summed E-state index contributed by atoms with van der Waals surface area (Å²) in [6, 6.07) is 0. The second-order valence-electron chi connectivity index (χ2n) is 7.72. The molecule has 6 heteroatoms. The molecule has 0 aromatic carbocycles. The first-order chi connectivity index (χ1) is 9.21. The lowest BCUT2D eigenvalue weighted by molar-refractivity contribution is 0.289. The molecule has 0 unspecified atom stereocenters. The first-order valence-corrected chi connectivity index (χ1v) is 8.04. The van der Waals surface area contributed by atoms with Crippen LogP contribution >= 0.6 is 0 Å². The minimum Gasteiger partial charge on any atom is -0.365 e. The molecule has 3 nitrogen and oxygen atoms in total. The SMILES string of the molecule is CCC(C)(C)CN1[B]N(CC(C)C)[B]N(CC(C)C)[B]1. The van der Waals surface area contributed by atoms with E-state index >= 15 is 0 Å². The van der Waals surface area contributed by atoms with Gasteiger partial charge in [0.25, 0.3) is 22.6 Å². The number of hydrogen-bond acceptors (Lipinski definition) is 3. The van der Waals surface area contributed by atoms with Crippen molar-refractivity contribution in [3.63, 3.8) is 0 Å². The first kappa shape index (κ1) is 18.1. The summed E-state index contributed by atoms with van der Waals surface area (Å²) in [5.74, 6) is 1.34. The third-order valence-electron chi connectivity index (χ3n) is 3.61. The van der Waals surface area contributed by atoms with E-state index in [9.17, 15) is 0 Å². The van der Waals surface area contributed by atoms with Gasteiger partial charge in [-0.2, -0.15) is 0 Å². The smallest absolute Gasteiger partial charge is 0.290 e. The maximum absolute atomic E-state index is 2.36. The van der Waals surface area contributed by atoms with E-state index in [0.29, 0.717) is 17.3 Å². The molecule has 0 spiro atoms. The van der Waals surface area contributed by atoms with Crippen molar-refractivity contribution >= 4 is 22.6 Å². The Morgan fingerprint density at radius 3 is 1.55 bits per heavy atom. The Bertz CT molecular complexity index is 267. The Morgan fingerprint density at radius 1 is 0.800 bits per heavy atom. The van der Waals surface area contributed by atoms with Crippen molar-refractivity contribution in [1.29, 1.82) is 0 Å². The standard InChI is InChI=1S/C14H31B3N3/c1-8-14(6,7)11-20-16-18(9-12(2)3)15-19(17-20)10-13(4)5/h12-13H,8-11H2,1-7H3. The average Bonchev–Trinajstić information content (AvgIpc) is 2.25. The molecule has 0 amide bonds. The third-order valence-corrected chi connectivity index (χ3v) is 3.61. The molecule has 20 heavy (non-hydrogen) atoms. The van der Waals surface area contributed by atoms with Crippen LogP contribution in [-0.4, -0.2) is 56.4 Å². The number of nitrogens with zero attached hydrogens (tertiary/aromatic N) is 3. The Kier molecular flexibility index (Phi) is 7.16. The lowest BCUT2D eigenvalue weighted by Gasteiger charge is -2.43. The summed E-state index contributed by atoms with van der Waals surface area (Å²) in [7, 11) is 6.76. The van der Waals surface area contributed by atoms with Gasteiger partial charge in [-0.3, -0.25) is 0 Å². The van der Waals surface area contributed by atoms with E-state index in [1.165, 1.54) is 6.42 Å². The van der Waals surface area contributed by atoms with Gasteiger partial charge in [0.2, 0.25) is 0 Å². The van der Waals surface area contributed by atoms with E-state index in [0.717, 1.165) is 19.6 Å². The van der Waals surface area contributed by atoms with E-state index in [1.807, 2.05) is 0 Å². The summed E-state index contributed by atoms with van der Waals surface area (Å²) < 4.78 is 7.02. The highest BCUT2D eigenvalue weighted by molar-refractivity contribution is 6.64. The van der Waals surface area contributed by atoms with E-state index < -0.39 is 0 Å². The lowest BCUT2D eigenvalue weighted by Crippen LogP contribution is -2.63. The molecule has 0 bridgehead atoms. The van der Waals surface area contributed by atoms with Crippen molar-refractivity contribution in [3.8, 4) is 0 Å². The van der Waals surface area contributed by atoms with Gasteiger partial charge in [0, 0.05) is 0 Å². The fourth-order valence-corrected chi connectivity index (χ4v) is 2.38. The van der Waals surface area contributed by atoms with E-state index in [4.69, 9.17) is 0 Å². The summed E-state index contributed by atoms with van der Waals surface area (Å²) in [6.45, 7) is 19.3. The number of rotatable bonds is 7. The van der Waals surface area contributed by atoms with Crippen LogP contribution in [0.15, 0.2) is 0 Å². The molecular weight excluding hydrogens is 243 g/mol. The zero-order valence-electron chi connectivity index (χ0n) is 14.6. The van der Waals surface area contributed by atoms with Crippen LogP contribution in [-0.2, 0) is 0 Å². The lowest BCUT2D eigenvalue weighted by atomic mass is 9.71. The molecule has 0 atom stereocenters. The van der Waals surface area contributed by atoms with Crippen molar-refractivity contribution in [3.05, 3.63) is 0 Å². The molecule has 0 aromatic rings. The van der Waals surface area contributed by atoms with Gasteiger partial charge in [-0.05, 0) is 43.3 Å². The monoisotopic (exact) mass is 274 g/mol. The van der Waals surface area contributed by atoms with Gasteiger partial charge in [0.05, 0.1) is 0 Å². The molecule has 111 valence electrons. The Morgan fingerprint density at radius 2 is 1.20 bits per heavy atom. The van der Waals surface area contributed by atoms with Crippen LogP contribution in [0.3, 0.4) is 0 Å². The minimum absolute atomic E-state index is 0.345. The molecule has 1 aliphatic heterocycles. The van der Waals surface area contributed by atoms with Crippen LogP contribution < -0.4 is 0 Å². The molecule has 1 aliphatic rings. The maximum atomic E-state index is 2.36. The van der Waals surface area contributed by atoms with Gasteiger partial charge in [0.1, 0.15) is 0 Å². The summed E-state index contributed by atoms with van der Waals surface area (Å²) in [5, 5.41) is 0.